The van der Waals surface area contributed by atoms with Crippen molar-refractivity contribution < 1.29 is 14.3 Å². The van der Waals surface area contributed by atoms with Gasteiger partial charge in [0.1, 0.15) is 5.69 Å². The van der Waals surface area contributed by atoms with E-state index in [4.69, 9.17) is 11.6 Å². The molecule has 2 aromatic heterocycles. The van der Waals surface area contributed by atoms with E-state index in [0.29, 0.717) is 39.7 Å². The van der Waals surface area contributed by atoms with Crippen molar-refractivity contribution in [2.45, 2.75) is 12.8 Å². The molecule has 1 aliphatic heterocycles. The van der Waals surface area contributed by atoms with Crippen LogP contribution in [0.5, 0.6) is 5.75 Å². The van der Waals surface area contributed by atoms with Gasteiger partial charge in [-0.3, -0.25) is 4.79 Å². The van der Waals surface area contributed by atoms with Gasteiger partial charge >= 0.3 is 0 Å². The Bertz CT molecular complexity index is 1480. The minimum absolute atomic E-state index is 0.0286. The second kappa shape index (κ2) is 9.57. The van der Waals surface area contributed by atoms with Gasteiger partial charge in [0.25, 0.3) is 0 Å². The first-order valence-electron chi connectivity index (χ1n) is 12.2. The predicted molar refractivity (Wildman–Crippen MR) is 141 cm³/mol. The van der Waals surface area contributed by atoms with E-state index >= 15 is 0 Å². The summed E-state index contributed by atoms with van der Waals surface area (Å²) in [6.45, 7) is 3.48. The molecule has 3 heterocycles. The van der Waals surface area contributed by atoms with E-state index in [1.54, 1.807) is 30.6 Å². The highest BCUT2D eigenvalue weighted by Gasteiger charge is 2.31. The SMILES string of the molecule is O=C(c1cc(Nc2cnc(N3CCNCC3)nc2)c2cc(-c3cc(F)c(O)c(Cl)c3)ccc2n1)C1CC1. The van der Waals surface area contributed by atoms with Crippen molar-refractivity contribution in [1.82, 2.24) is 20.3 Å². The summed E-state index contributed by atoms with van der Waals surface area (Å²) < 4.78 is 14.2. The number of piperazine rings is 1. The molecule has 0 bridgehead atoms. The third-order valence-corrected chi connectivity index (χ3v) is 6.96. The lowest BCUT2D eigenvalue weighted by molar-refractivity contribution is 0.0963. The van der Waals surface area contributed by atoms with Crippen molar-refractivity contribution in [1.29, 1.82) is 0 Å². The maximum atomic E-state index is 14.2. The van der Waals surface area contributed by atoms with Crippen molar-refractivity contribution in [2.75, 3.05) is 36.4 Å². The van der Waals surface area contributed by atoms with E-state index in [0.717, 1.165) is 44.4 Å². The van der Waals surface area contributed by atoms with Gasteiger partial charge in [-0.2, -0.15) is 0 Å². The minimum atomic E-state index is -0.800. The first-order valence-corrected chi connectivity index (χ1v) is 12.6. The Morgan fingerprint density at radius 1 is 1.08 bits per heavy atom. The molecule has 2 aromatic carbocycles. The number of hydrogen-bond donors (Lipinski definition) is 3. The number of phenols is 1. The van der Waals surface area contributed by atoms with Crippen LogP contribution in [0.4, 0.5) is 21.7 Å². The van der Waals surface area contributed by atoms with E-state index < -0.39 is 11.6 Å². The highest BCUT2D eigenvalue weighted by Crippen LogP contribution is 2.37. The van der Waals surface area contributed by atoms with Gasteiger partial charge < -0.3 is 20.6 Å². The van der Waals surface area contributed by atoms with Crippen molar-refractivity contribution in [2.24, 2.45) is 5.92 Å². The summed E-state index contributed by atoms with van der Waals surface area (Å²) in [5, 5.41) is 17.0. The van der Waals surface area contributed by atoms with Crippen LogP contribution in [0, 0.1) is 11.7 Å². The van der Waals surface area contributed by atoms with E-state index in [-0.39, 0.29) is 16.7 Å². The molecular formula is C27H24ClFN6O2. The number of rotatable bonds is 6. The van der Waals surface area contributed by atoms with Crippen LogP contribution < -0.4 is 15.5 Å². The highest BCUT2D eigenvalue weighted by atomic mass is 35.5. The van der Waals surface area contributed by atoms with Crippen LogP contribution in [0.3, 0.4) is 0 Å². The van der Waals surface area contributed by atoms with E-state index in [2.05, 4.69) is 30.5 Å². The summed E-state index contributed by atoms with van der Waals surface area (Å²) in [6, 6.07) is 9.93. The van der Waals surface area contributed by atoms with Gasteiger partial charge in [-0.25, -0.2) is 19.3 Å². The fraction of sp³-hybridized carbons (Fsp3) is 0.259. The number of halogens is 2. The van der Waals surface area contributed by atoms with Crippen LogP contribution in [-0.4, -0.2) is 52.0 Å². The number of aromatic nitrogens is 3. The second-order valence-electron chi connectivity index (χ2n) is 9.35. The third-order valence-electron chi connectivity index (χ3n) is 6.68. The average molecular weight is 519 g/mol. The fourth-order valence-corrected chi connectivity index (χ4v) is 4.70. The van der Waals surface area contributed by atoms with Crippen LogP contribution in [0.25, 0.3) is 22.0 Å². The Morgan fingerprint density at radius 3 is 2.54 bits per heavy atom. The zero-order chi connectivity index (χ0) is 25.5. The van der Waals surface area contributed by atoms with Crippen LogP contribution >= 0.6 is 11.6 Å². The van der Waals surface area contributed by atoms with Crippen LogP contribution in [0.1, 0.15) is 23.3 Å². The van der Waals surface area contributed by atoms with Crippen LogP contribution in [0.15, 0.2) is 48.8 Å². The number of pyridine rings is 1. The Morgan fingerprint density at radius 2 is 1.84 bits per heavy atom. The zero-order valence-corrected chi connectivity index (χ0v) is 20.6. The topological polar surface area (TPSA) is 103 Å². The highest BCUT2D eigenvalue weighted by molar-refractivity contribution is 6.32. The molecule has 10 heteroatoms. The molecule has 0 spiro atoms. The lowest BCUT2D eigenvalue weighted by atomic mass is 10.0. The molecule has 0 amide bonds. The normalized spacial score (nSPS) is 15.7. The molecule has 0 atom stereocenters. The summed E-state index contributed by atoms with van der Waals surface area (Å²) in [4.78, 5) is 28.7. The molecule has 0 unspecified atom stereocenters. The van der Waals surface area contributed by atoms with Gasteiger partial charge in [0.2, 0.25) is 5.95 Å². The van der Waals surface area contributed by atoms with Crippen molar-refractivity contribution in [3.63, 3.8) is 0 Å². The second-order valence-corrected chi connectivity index (χ2v) is 9.75. The number of benzene rings is 2. The summed E-state index contributed by atoms with van der Waals surface area (Å²) in [5.41, 5.74) is 3.56. The largest absolute Gasteiger partial charge is 0.504 e. The molecule has 188 valence electrons. The molecule has 6 rings (SSSR count). The number of hydrogen-bond acceptors (Lipinski definition) is 8. The Balaban J connectivity index is 1.39. The Hall–Kier alpha value is -3.82. The van der Waals surface area contributed by atoms with Crippen molar-refractivity contribution >= 4 is 45.6 Å². The van der Waals surface area contributed by atoms with E-state index in [1.165, 1.54) is 12.1 Å². The number of nitrogens with zero attached hydrogens (tertiary/aromatic N) is 4. The number of phenolic OH excluding ortho intramolecular Hbond substituents is 1. The first-order chi connectivity index (χ1) is 18.0. The number of ketones is 1. The number of Topliss-reactive ketones (excluding diaryl/α,β-unsaturated/α-hetero) is 1. The Labute approximate surface area is 217 Å². The fourth-order valence-electron chi connectivity index (χ4n) is 4.49. The standard InChI is InChI=1S/C27H24ClFN6O2/c28-20-10-17(11-21(29)26(20)37)16-3-4-22-19(9-16)23(12-24(34-22)25(36)15-1-2-15)33-18-13-31-27(32-14-18)35-7-5-30-6-8-35/h3-4,9-15,30,37H,1-2,5-8H2,(H,33,34). The van der Waals surface area contributed by atoms with Gasteiger partial charge in [0.15, 0.2) is 17.3 Å². The average Bonchev–Trinajstić information content (AvgIpc) is 3.77. The predicted octanol–water partition coefficient (Wildman–Crippen LogP) is 4.94. The zero-order valence-electron chi connectivity index (χ0n) is 19.8. The molecule has 2 aliphatic rings. The van der Waals surface area contributed by atoms with Gasteiger partial charge in [-0.05, 0) is 54.3 Å². The molecule has 3 N–H and O–H groups in total. The summed E-state index contributed by atoms with van der Waals surface area (Å²) in [6.07, 6.45) is 5.21. The molecule has 1 saturated heterocycles. The van der Waals surface area contributed by atoms with Gasteiger partial charge in [0.05, 0.1) is 34.3 Å². The van der Waals surface area contributed by atoms with Crippen molar-refractivity contribution in [3.05, 3.63) is 65.3 Å². The molecule has 4 aromatic rings. The first kappa shape index (κ1) is 23.6. The molecule has 37 heavy (non-hydrogen) atoms. The van der Waals surface area contributed by atoms with Crippen LogP contribution in [0.2, 0.25) is 5.02 Å². The number of nitrogens with one attached hydrogen (secondary N) is 2. The lowest BCUT2D eigenvalue weighted by Gasteiger charge is -2.27. The van der Waals surface area contributed by atoms with Gasteiger partial charge in [-0.1, -0.05) is 17.7 Å². The lowest BCUT2D eigenvalue weighted by Crippen LogP contribution is -2.44. The number of aromatic hydroxyl groups is 1. The third kappa shape index (κ3) is 4.80. The quantitative estimate of drug-likeness (QED) is 0.309. The maximum Gasteiger partial charge on any atom is 0.225 e. The smallest absolute Gasteiger partial charge is 0.225 e. The molecule has 1 aliphatic carbocycles. The molecule has 1 saturated carbocycles. The minimum Gasteiger partial charge on any atom is -0.504 e. The summed E-state index contributed by atoms with van der Waals surface area (Å²) in [5.74, 6) is -0.647. The van der Waals surface area contributed by atoms with Crippen LogP contribution in [-0.2, 0) is 0 Å². The molecular weight excluding hydrogens is 495 g/mol. The maximum absolute atomic E-state index is 14.2. The van der Waals surface area contributed by atoms with Gasteiger partial charge in [0, 0.05) is 37.5 Å². The number of carbonyl (C=O) groups is 1. The Kier molecular flexibility index (Phi) is 6.10. The monoisotopic (exact) mass is 518 g/mol. The van der Waals surface area contributed by atoms with Gasteiger partial charge in [-0.15, -0.1) is 0 Å². The van der Waals surface area contributed by atoms with E-state index in [1.807, 2.05) is 6.07 Å². The molecule has 0 radical (unpaired) electrons. The van der Waals surface area contributed by atoms with E-state index in [9.17, 15) is 14.3 Å². The summed E-state index contributed by atoms with van der Waals surface area (Å²) >= 11 is 6.01. The molecule has 2 fully saturated rings. The number of carbonyl (C=O) groups excluding carboxylic acids is 1. The molecule has 8 nitrogen and oxygen atoms in total. The summed E-state index contributed by atoms with van der Waals surface area (Å²) in [7, 11) is 0. The number of anilines is 3. The van der Waals surface area contributed by atoms with Crippen molar-refractivity contribution in [3.8, 4) is 16.9 Å². The number of fused-ring (bicyclic) bond motifs is 1.